The zero-order valence-electron chi connectivity index (χ0n) is 9.84. The van der Waals surface area contributed by atoms with Gasteiger partial charge in [0.25, 0.3) is 0 Å². The Morgan fingerprint density at radius 3 is 1.68 bits per heavy atom. The van der Waals surface area contributed by atoms with E-state index in [9.17, 15) is 13.2 Å². The Hall–Kier alpha value is -2.06. The van der Waals surface area contributed by atoms with Crippen LogP contribution in [0, 0.1) is 0 Å². The summed E-state index contributed by atoms with van der Waals surface area (Å²) in [4.78, 5) is 9.47. The predicted octanol–water partition coefficient (Wildman–Crippen LogP) is 2.08. The number of nitrogens with two attached hydrogens (primary N) is 1. The molecule has 0 unspecified atom stereocenters. The highest BCUT2D eigenvalue weighted by atomic mass is 32.2. The number of benzene rings is 1. The van der Waals surface area contributed by atoms with Crippen molar-refractivity contribution in [3.63, 3.8) is 0 Å². The molecule has 8 heteroatoms. The zero-order chi connectivity index (χ0) is 14.3. The van der Waals surface area contributed by atoms with Crippen molar-refractivity contribution in [1.82, 2.24) is 4.72 Å². The highest BCUT2D eigenvalue weighted by molar-refractivity contribution is 8.00. The maximum atomic E-state index is 9.47. The number of hydrogen-bond acceptors (Lipinski definition) is 5. The van der Waals surface area contributed by atoms with Crippen LogP contribution >= 0.6 is 11.9 Å². The molecule has 1 aliphatic rings. The quantitative estimate of drug-likeness (QED) is 0.714. The highest BCUT2D eigenvalue weighted by Gasteiger charge is 1.80. The Kier molecular flexibility index (Phi) is 11.1. The molecule has 2 amide bonds. The van der Waals surface area contributed by atoms with E-state index in [0.29, 0.717) is 0 Å². The molecule has 2 rings (SSSR count). The molecule has 1 aliphatic heterocycles. The second-order valence-electron chi connectivity index (χ2n) is 2.72. The van der Waals surface area contributed by atoms with Gasteiger partial charge in [0, 0.05) is 6.20 Å². The van der Waals surface area contributed by atoms with Gasteiger partial charge in [-0.1, -0.05) is 46.8 Å². The summed E-state index contributed by atoms with van der Waals surface area (Å²) in [6, 6.07) is 10.8. The molecule has 0 aromatic heterocycles. The summed E-state index contributed by atoms with van der Waals surface area (Å²) in [5, 5.41) is 1.99. The van der Waals surface area contributed by atoms with Crippen LogP contribution in [-0.2, 0) is 10.5 Å². The van der Waals surface area contributed by atoms with Crippen molar-refractivity contribution in [2.75, 3.05) is 0 Å². The minimum absolute atomic E-state index is 1.20. The minimum atomic E-state index is -2.70. The molecule has 1 aromatic carbocycles. The van der Waals surface area contributed by atoms with E-state index in [-0.39, 0.29) is 0 Å². The van der Waals surface area contributed by atoms with Crippen molar-refractivity contribution < 1.29 is 13.2 Å². The summed E-state index contributed by atoms with van der Waals surface area (Å²) in [7, 11) is -2.70. The van der Waals surface area contributed by atoms with Crippen molar-refractivity contribution in [1.29, 1.82) is 0 Å². The van der Waals surface area contributed by atoms with E-state index in [1.54, 1.807) is 11.9 Å². The number of primary amides is 1. The summed E-state index contributed by atoms with van der Waals surface area (Å²) >= 11 is 1.58. The van der Waals surface area contributed by atoms with Gasteiger partial charge in [-0.15, -0.1) is 0 Å². The number of urea groups is 1. The van der Waals surface area contributed by atoms with Crippen molar-refractivity contribution in [3.8, 4) is 0 Å². The van der Waals surface area contributed by atoms with E-state index in [1.807, 2.05) is 60.2 Å². The number of carbonyl (C=O) groups excluding carboxylic acids is 1. The summed E-state index contributed by atoms with van der Waals surface area (Å²) in [6.45, 7) is 0. The van der Waals surface area contributed by atoms with Crippen LogP contribution in [0.4, 0.5) is 4.79 Å². The second-order valence-corrected chi connectivity index (χ2v) is 4.09. The lowest BCUT2D eigenvalue weighted by molar-refractivity contribution is 0.257. The summed E-state index contributed by atoms with van der Waals surface area (Å²) < 4.78 is 24.0. The molecule has 1 aromatic rings. The maximum Gasteiger partial charge on any atom is 0.353 e. The van der Waals surface area contributed by atoms with Gasteiger partial charge < -0.3 is 10.5 Å². The normalized spacial score (nSPS) is 10.7. The van der Waals surface area contributed by atoms with Gasteiger partial charge in [0.2, 0.25) is 0 Å². The first kappa shape index (κ1) is 16.9. The Balaban J connectivity index is 0.000000256. The SMILES string of the molecule is C1=CNSC=C1.NC(=O)N=S(=O)=O.c1ccccc1. The lowest BCUT2D eigenvalue weighted by Crippen LogP contribution is -2.02. The average Bonchev–Trinajstić information content (AvgIpc) is 2.42. The largest absolute Gasteiger partial charge is 0.353 e. The van der Waals surface area contributed by atoms with E-state index in [0.717, 1.165) is 0 Å². The van der Waals surface area contributed by atoms with E-state index in [4.69, 9.17) is 0 Å². The monoisotopic (exact) mass is 299 g/mol. The topological polar surface area (TPSA) is 102 Å². The number of carbonyl (C=O) groups is 1. The molecule has 6 nitrogen and oxygen atoms in total. The fraction of sp³-hybridized carbons (Fsp3) is 0. The molecule has 102 valence electrons. The van der Waals surface area contributed by atoms with Crippen LogP contribution in [0.15, 0.2) is 64.5 Å². The number of nitrogens with one attached hydrogen (secondary N) is 1. The molecule has 0 radical (unpaired) electrons. The Labute approximate surface area is 117 Å². The van der Waals surface area contributed by atoms with Crippen molar-refractivity contribution in [2.24, 2.45) is 10.1 Å². The fourth-order valence-corrected chi connectivity index (χ4v) is 1.27. The number of amides is 2. The molecule has 0 saturated heterocycles. The minimum Gasteiger partial charge on any atom is -0.349 e. The fourth-order valence-electron chi connectivity index (χ4n) is 0.716. The van der Waals surface area contributed by atoms with Gasteiger partial charge in [-0.2, -0.15) is 8.42 Å². The van der Waals surface area contributed by atoms with Crippen LogP contribution in [0.5, 0.6) is 0 Å². The van der Waals surface area contributed by atoms with Gasteiger partial charge in [0.15, 0.2) is 0 Å². The van der Waals surface area contributed by atoms with Crippen LogP contribution in [0.25, 0.3) is 0 Å². The standard InChI is InChI=1S/C6H6.C4H5NS.CH2N2O3S/c2*1-2-4-6-5-3-1;2-1(4)3-7(5)6/h1-6H;1-5H;(H2,2,4). The molecule has 0 spiro atoms. The molecule has 0 saturated carbocycles. The zero-order valence-corrected chi connectivity index (χ0v) is 11.5. The van der Waals surface area contributed by atoms with Gasteiger partial charge in [0.1, 0.15) is 0 Å². The third-order valence-corrected chi connectivity index (χ3v) is 2.22. The van der Waals surface area contributed by atoms with Crippen molar-refractivity contribution in [2.45, 2.75) is 0 Å². The van der Waals surface area contributed by atoms with Crippen LogP contribution in [0.3, 0.4) is 0 Å². The van der Waals surface area contributed by atoms with Crippen molar-refractivity contribution >= 4 is 28.5 Å². The number of hydrogen-bond donors (Lipinski definition) is 2. The van der Waals surface area contributed by atoms with E-state index in [2.05, 4.69) is 14.8 Å². The van der Waals surface area contributed by atoms with Gasteiger partial charge in [-0.3, -0.25) is 0 Å². The molecular weight excluding hydrogens is 286 g/mol. The molecule has 1 heterocycles. The Bertz CT molecular complexity index is 493. The first-order valence-electron chi connectivity index (χ1n) is 4.96. The lowest BCUT2D eigenvalue weighted by atomic mass is 10.4. The van der Waals surface area contributed by atoms with E-state index < -0.39 is 16.5 Å². The summed E-state index contributed by atoms with van der Waals surface area (Å²) in [5.74, 6) is 0. The van der Waals surface area contributed by atoms with Gasteiger partial charge in [-0.25, -0.2) is 4.79 Å². The highest BCUT2D eigenvalue weighted by Crippen LogP contribution is 1.98. The molecule has 19 heavy (non-hydrogen) atoms. The molecule has 0 atom stereocenters. The molecule has 3 N–H and O–H groups in total. The first-order chi connectivity index (χ1) is 9.13. The van der Waals surface area contributed by atoms with Gasteiger partial charge >= 0.3 is 16.5 Å². The van der Waals surface area contributed by atoms with Crippen LogP contribution < -0.4 is 10.5 Å². The molecular formula is C11H13N3O3S2. The third kappa shape index (κ3) is 15.9. The lowest BCUT2D eigenvalue weighted by Gasteiger charge is -1.93. The summed E-state index contributed by atoms with van der Waals surface area (Å²) in [5.41, 5.74) is 4.29. The second kappa shape index (κ2) is 12.4. The smallest absolute Gasteiger partial charge is 0.349 e. The molecule has 0 fully saturated rings. The van der Waals surface area contributed by atoms with Gasteiger partial charge in [-0.05, 0) is 23.4 Å². The molecule has 0 aliphatic carbocycles. The number of rotatable bonds is 0. The Morgan fingerprint density at radius 1 is 1.05 bits per heavy atom. The first-order valence-corrected chi connectivity index (χ1v) is 6.87. The summed E-state index contributed by atoms with van der Waals surface area (Å²) in [6.07, 6.45) is 5.84. The van der Waals surface area contributed by atoms with Crippen LogP contribution in [0.2, 0.25) is 0 Å². The average molecular weight is 299 g/mol. The Morgan fingerprint density at radius 2 is 1.58 bits per heavy atom. The third-order valence-electron chi connectivity index (χ3n) is 1.32. The molecule has 0 bridgehead atoms. The maximum absolute atomic E-state index is 9.47. The van der Waals surface area contributed by atoms with E-state index in [1.165, 1.54) is 0 Å². The van der Waals surface area contributed by atoms with Crippen LogP contribution in [0.1, 0.15) is 0 Å². The van der Waals surface area contributed by atoms with Crippen LogP contribution in [-0.4, -0.2) is 14.4 Å². The number of nitrogens with zero attached hydrogens (tertiary/aromatic N) is 1. The number of allylic oxidation sites excluding steroid dienone is 2. The van der Waals surface area contributed by atoms with Crippen molar-refractivity contribution in [3.05, 3.63) is 60.2 Å². The van der Waals surface area contributed by atoms with E-state index >= 15 is 0 Å². The predicted molar refractivity (Wildman–Crippen MR) is 76.4 cm³/mol. The van der Waals surface area contributed by atoms with Gasteiger partial charge in [0.05, 0.1) is 0 Å².